The topological polar surface area (TPSA) is 72.8 Å². The largest absolute Gasteiger partial charge is 0.491 e. The molecule has 2 heterocycles. The molecule has 1 N–H and O–H groups in total. The Morgan fingerprint density at radius 3 is 2.54 bits per heavy atom. The third-order valence-corrected chi connectivity index (χ3v) is 5.68. The zero-order valence-corrected chi connectivity index (χ0v) is 17.0. The Kier molecular flexibility index (Phi) is 7.91. The second-order valence-corrected chi connectivity index (χ2v) is 7.82. The molecule has 0 spiro atoms. The summed E-state index contributed by atoms with van der Waals surface area (Å²) in [6.07, 6.45) is 9.95. The maximum atomic E-state index is 12.7. The van der Waals surface area contributed by atoms with E-state index in [0.29, 0.717) is 19.8 Å². The third-order valence-electron chi connectivity index (χ3n) is 5.68. The van der Waals surface area contributed by atoms with Crippen LogP contribution in [0, 0.1) is 0 Å². The number of nitrogens with one attached hydrogen (secondary N) is 1. The maximum Gasteiger partial charge on any atom is 0.240 e. The van der Waals surface area contributed by atoms with Crippen LogP contribution in [0.5, 0.6) is 5.75 Å². The fourth-order valence-corrected chi connectivity index (χ4v) is 4.05. The van der Waals surface area contributed by atoms with Crippen molar-refractivity contribution in [3.63, 3.8) is 0 Å². The van der Waals surface area contributed by atoms with Crippen molar-refractivity contribution >= 4 is 5.91 Å². The highest BCUT2D eigenvalue weighted by Gasteiger charge is 2.18. The highest BCUT2D eigenvalue weighted by atomic mass is 16.5. The second-order valence-electron chi connectivity index (χ2n) is 7.82. The third kappa shape index (κ3) is 6.07. The molecule has 1 aromatic rings. The molecule has 1 aliphatic heterocycles. The summed E-state index contributed by atoms with van der Waals surface area (Å²) >= 11 is 0. The van der Waals surface area contributed by atoms with Gasteiger partial charge in [0.05, 0.1) is 26.5 Å². The Bertz CT molecular complexity index is 689. The molecule has 2 fully saturated rings. The lowest BCUT2D eigenvalue weighted by atomic mass is 9.97. The lowest BCUT2D eigenvalue weighted by Crippen LogP contribution is -2.39. The summed E-state index contributed by atoms with van der Waals surface area (Å²) in [5, 5.41) is 3.21. The Morgan fingerprint density at radius 2 is 1.86 bits per heavy atom. The number of morpholine rings is 1. The van der Waals surface area contributed by atoms with Crippen molar-refractivity contribution in [1.29, 1.82) is 0 Å². The van der Waals surface area contributed by atoms with Gasteiger partial charge in [0.25, 0.3) is 0 Å². The predicted octanol–water partition coefficient (Wildman–Crippen LogP) is 1.92. The van der Waals surface area contributed by atoms with E-state index < -0.39 is 0 Å². The molecule has 28 heavy (non-hydrogen) atoms. The average molecular weight is 392 g/mol. The number of pyridine rings is 1. The highest BCUT2D eigenvalue weighted by molar-refractivity contribution is 5.76. The van der Waals surface area contributed by atoms with Crippen molar-refractivity contribution in [2.24, 2.45) is 0 Å². The number of hydrogen-bond acceptors (Lipinski definition) is 5. The van der Waals surface area contributed by atoms with Crippen molar-refractivity contribution in [3.8, 4) is 5.75 Å². The summed E-state index contributed by atoms with van der Waals surface area (Å²) < 4.78 is 12.5. The van der Waals surface area contributed by atoms with E-state index >= 15 is 0 Å². The molecule has 1 aromatic heterocycles. The molecule has 0 atom stereocenters. The Labute approximate surface area is 167 Å². The summed E-state index contributed by atoms with van der Waals surface area (Å²) in [5.41, 5.74) is 0.683. The van der Waals surface area contributed by atoms with E-state index in [4.69, 9.17) is 9.47 Å². The van der Waals surface area contributed by atoms with Gasteiger partial charge in [0.15, 0.2) is 5.75 Å². The summed E-state index contributed by atoms with van der Waals surface area (Å²) in [6, 6.07) is 1.86. The van der Waals surface area contributed by atoms with Crippen LogP contribution in [0.15, 0.2) is 17.1 Å². The Morgan fingerprint density at radius 1 is 1.18 bits per heavy atom. The van der Waals surface area contributed by atoms with E-state index in [0.717, 1.165) is 31.6 Å². The number of rotatable bonds is 6. The van der Waals surface area contributed by atoms with Gasteiger partial charge in [0, 0.05) is 37.4 Å². The maximum absolute atomic E-state index is 12.7. The van der Waals surface area contributed by atoms with Crippen LogP contribution in [0.4, 0.5) is 0 Å². The fourth-order valence-electron chi connectivity index (χ4n) is 4.05. The SMILES string of the molecule is COc1cn(CC(=O)NC2CCCCCCC2)c(CN2CCOCC2)cc1=O. The van der Waals surface area contributed by atoms with Crippen LogP contribution in [-0.2, 0) is 22.6 Å². The molecule has 156 valence electrons. The normalized spacial score (nSPS) is 19.6. The Balaban J connectivity index is 1.69. The Hall–Kier alpha value is -1.86. The van der Waals surface area contributed by atoms with Crippen molar-refractivity contribution in [3.05, 3.63) is 28.2 Å². The first-order valence-electron chi connectivity index (χ1n) is 10.5. The van der Waals surface area contributed by atoms with E-state index in [9.17, 15) is 9.59 Å². The summed E-state index contributed by atoms with van der Waals surface area (Å²) in [6.45, 7) is 3.88. The fraction of sp³-hybridized carbons (Fsp3) is 0.714. The van der Waals surface area contributed by atoms with Crippen molar-refractivity contribution < 1.29 is 14.3 Å². The lowest BCUT2D eigenvalue weighted by molar-refractivity contribution is -0.122. The van der Waals surface area contributed by atoms with Crippen LogP contribution in [0.1, 0.15) is 50.6 Å². The molecule has 0 aromatic carbocycles. The molecule has 3 rings (SSSR count). The van der Waals surface area contributed by atoms with Gasteiger partial charge in [-0.3, -0.25) is 14.5 Å². The van der Waals surface area contributed by atoms with E-state index in [-0.39, 0.29) is 29.7 Å². The standard InChI is InChI=1S/C21H33N3O4/c1-27-20-15-24(16-21(26)22-17-7-5-3-2-4-6-8-17)18(13-19(20)25)14-23-9-11-28-12-10-23/h13,15,17H,2-12,14,16H2,1H3,(H,22,26). The summed E-state index contributed by atoms with van der Waals surface area (Å²) in [7, 11) is 1.48. The first-order chi connectivity index (χ1) is 13.7. The average Bonchev–Trinajstić information content (AvgIpc) is 2.66. The van der Waals surface area contributed by atoms with Gasteiger partial charge in [0.1, 0.15) is 6.54 Å². The smallest absolute Gasteiger partial charge is 0.240 e. The second kappa shape index (κ2) is 10.6. The highest BCUT2D eigenvalue weighted by Crippen LogP contribution is 2.17. The molecule has 1 saturated carbocycles. The van der Waals surface area contributed by atoms with Gasteiger partial charge < -0.3 is 19.4 Å². The number of ether oxygens (including phenoxy) is 2. The van der Waals surface area contributed by atoms with Crippen molar-refractivity contribution in [2.45, 2.75) is 64.1 Å². The zero-order chi connectivity index (χ0) is 19.8. The molecule has 0 radical (unpaired) electrons. The van der Waals surface area contributed by atoms with Crippen LogP contribution < -0.4 is 15.5 Å². The summed E-state index contributed by atoms with van der Waals surface area (Å²) in [5.74, 6) is 0.268. The van der Waals surface area contributed by atoms with Gasteiger partial charge in [-0.2, -0.15) is 0 Å². The van der Waals surface area contributed by atoms with Gasteiger partial charge in [-0.05, 0) is 12.8 Å². The van der Waals surface area contributed by atoms with Gasteiger partial charge >= 0.3 is 0 Å². The minimum absolute atomic E-state index is 0.000460. The van der Waals surface area contributed by atoms with Crippen molar-refractivity contribution in [2.75, 3.05) is 33.4 Å². The number of aromatic nitrogens is 1. The van der Waals surface area contributed by atoms with Crippen LogP contribution in [0.25, 0.3) is 0 Å². The van der Waals surface area contributed by atoms with E-state index in [1.165, 1.54) is 39.2 Å². The monoisotopic (exact) mass is 391 g/mol. The molecule has 7 heteroatoms. The number of methoxy groups -OCH3 is 1. The first kappa shape index (κ1) is 20.9. The lowest BCUT2D eigenvalue weighted by Gasteiger charge is -2.28. The molecule has 0 unspecified atom stereocenters. The first-order valence-corrected chi connectivity index (χ1v) is 10.5. The van der Waals surface area contributed by atoms with Gasteiger partial charge in [-0.25, -0.2) is 0 Å². The predicted molar refractivity (Wildman–Crippen MR) is 108 cm³/mol. The number of amides is 1. The van der Waals surface area contributed by atoms with E-state index in [1.807, 2.05) is 4.57 Å². The number of carbonyl (C=O) groups is 1. The van der Waals surface area contributed by atoms with Gasteiger partial charge in [-0.1, -0.05) is 32.1 Å². The van der Waals surface area contributed by atoms with Crippen LogP contribution >= 0.6 is 0 Å². The van der Waals surface area contributed by atoms with Crippen molar-refractivity contribution in [1.82, 2.24) is 14.8 Å². The molecular formula is C21H33N3O4. The van der Waals surface area contributed by atoms with Crippen LogP contribution in [-0.4, -0.2) is 54.8 Å². The van der Waals surface area contributed by atoms with Crippen LogP contribution in [0.3, 0.4) is 0 Å². The molecule has 1 aliphatic carbocycles. The molecule has 2 aliphatic rings. The minimum atomic E-state index is -0.151. The van der Waals surface area contributed by atoms with Crippen LogP contribution in [0.2, 0.25) is 0 Å². The van der Waals surface area contributed by atoms with E-state index in [2.05, 4.69) is 10.2 Å². The quantitative estimate of drug-likeness (QED) is 0.802. The zero-order valence-electron chi connectivity index (χ0n) is 17.0. The molecule has 7 nitrogen and oxygen atoms in total. The molecule has 1 saturated heterocycles. The number of hydrogen-bond donors (Lipinski definition) is 1. The number of carbonyl (C=O) groups excluding carboxylic acids is 1. The number of nitrogens with zero attached hydrogens (tertiary/aromatic N) is 2. The molecular weight excluding hydrogens is 358 g/mol. The summed E-state index contributed by atoms with van der Waals surface area (Å²) in [4.78, 5) is 27.2. The molecule has 0 bridgehead atoms. The molecule has 1 amide bonds. The van der Waals surface area contributed by atoms with Gasteiger partial charge in [0.2, 0.25) is 11.3 Å². The minimum Gasteiger partial charge on any atom is -0.491 e. The van der Waals surface area contributed by atoms with E-state index in [1.54, 1.807) is 12.3 Å². The van der Waals surface area contributed by atoms with Gasteiger partial charge in [-0.15, -0.1) is 0 Å².